The smallest absolute Gasteiger partial charge is 0.227 e. The third-order valence-corrected chi connectivity index (χ3v) is 6.54. The van der Waals surface area contributed by atoms with Gasteiger partial charge in [-0.2, -0.15) is 4.98 Å². The molecule has 5 rings (SSSR count). The lowest BCUT2D eigenvalue weighted by Gasteiger charge is -2.38. The normalized spacial score (nSPS) is 19.6. The van der Waals surface area contributed by atoms with Crippen LogP contribution in [-0.2, 0) is 10.5 Å². The molecule has 31 heavy (non-hydrogen) atoms. The Morgan fingerprint density at radius 1 is 1.19 bits per heavy atom. The summed E-state index contributed by atoms with van der Waals surface area (Å²) in [5.74, 6) is 0.913. The molecule has 6 nitrogen and oxygen atoms in total. The highest BCUT2D eigenvalue weighted by atomic mass is 32.2. The molecule has 0 radical (unpaired) electrons. The molecule has 2 aliphatic rings. The van der Waals surface area contributed by atoms with Crippen LogP contribution in [0.25, 0.3) is 0 Å². The van der Waals surface area contributed by atoms with E-state index in [9.17, 15) is 9.18 Å². The van der Waals surface area contributed by atoms with E-state index in [1.54, 1.807) is 29.2 Å². The van der Waals surface area contributed by atoms with E-state index in [1.165, 1.54) is 17.8 Å². The van der Waals surface area contributed by atoms with E-state index < -0.39 is 0 Å². The fourth-order valence-electron chi connectivity index (χ4n) is 4.26. The van der Waals surface area contributed by atoms with Crippen molar-refractivity contribution in [1.29, 1.82) is 0 Å². The monoisotopic (exact) mass is 435 g/mol. The van der Waals surface area contributed by atoms with Gasteiger partial charge in [0.1, 0.15) is 11.9 Å². The summed E-state index contributed by atoms with van der Waals surface area (Å²) in [5.41, 5.74) is 3.08. The zero-order chi connectivity index (χ0) is 21.6. The van der Waals surface area contributed by atoms with E-state index in [1.807, 2.05) is 18.2 Å². The van der Waals surface area contributed by atoms with Gasteiger partial charge in [-0.3, -0.25) is 9.78 Å². The summed E-state index contributed by atoms with van der Waals surface area (Å²) >= 11 is 1.37. The largest absolute Gasteiger partial charge is 0.328 e. The number of carbonyl (C=O) groups excluding carboxylic acids is 1. The number of rotatable bonds is 4. The fraction of sp³-hybridized carbons (Fsp3) is 0.304. The summed E-state index contributed by atoms with van der Waals surface area (Å²) in [4.78, 5) is 21.9. The number of fused-ring (bicyclic) bond motifs is 1. The van der Waals surface area contributed by atoms with Crippen molar-refractivity contribution in [3.05, 3.63) is 77.0 Å². The minimum absolute atomic E-state index is 0.115. The molecule has 0 unspecified atom stereocenters. The molecule has 8 heteroatoms. The Morgan fingerprint density at radius 3 is 2.74 bits per heavy atom. The molecule has 3 aromatic rings. The predicted octanol–water partition coefficient (Wildman–Crippen LogP) is 4.76. The maximum Gasteiger partial charge on any atom is 0.227 e. The average Bonchev–Trinajstić information content (AvgIpc) is 3.14. The number of Topliss-reactive ketones (excluding diaryl/α,β-unsaturated/α-hetero) is 1. The number of pyridine rings is 1. The highest BCUT2D eigenvalue weighted by Crippen LogP contribution is 2.45. The molecule has 2 aromatic heterocycles. The molecule has 0 bridgehead atoms. The molecule has 1 aromatic carbocycles. The van der Waals surface area contributed by atoms with Crippen LogP contribution in [0.15, 0.2) is 65.2 Å². The molecule has 3 heterocycles. The van der Waals surface area contributed by atoms with Crippen LogP contribution < -0.4 is 5.32 Å². The molecule has 0 amide bonds. The lowest BCUT2D eigenvalue weighted by molar-refractivity contribution is -0.118. The quantitative estimate of drug-likeness (QED) is 0.596. The highest BCUT2D eigenvalue weighted by Gasteiger charge is 2.41. The number of hydrogen-bond acceptors (Lipinski definition) is 6. The van der Waals surface area contributed by atoms with E-state index in [0.29, 0.717) is 28.8 Å². The van der Waals surface area contributed by atoms with Crippen LogP contribution in [0, 0.1) is 11.2 Å². The molecule has 0 fully saturated rings. The van der Waals surface area contributed by atoms with Crippen LogP contribution in [0.4, 0.5) is 10.3 Å². The Balaban J connectivity index is 1.52. The van der Waals surface area contributed by atoms with Gasteiger partial charge in [0.05, 0.1) is 0 Å². The van der Waals surface area contributed by atoms with E-state index in [2.05, 4.69) is 29.1 Å². The fourth-order valence-corrected chi connectivity index (χ4v) is 5.08. The number of thioether (sulfide) groups is 1. The van der Waals surface area contributed by atoms with Crippen LogP contribution >= 0.6 is 11.8 Å². The first-order valence-electron chi connectivity index (χ1n) is 10.2. The minimum Gasteiger partial charge on any atom is -0.328 e. The van der Waals surface area contributed by atoms with Crippen molar-refractivity contribution in [3.8, 4) is 0 Å². The van der Waals surface area contributed by atoms with Gasteiger partial charge in [-0.05, 0) is 41.2 Å². The number of benzene rings is 1. The number of allylic oxidation sites excluding steroid dienone is 2. The molecular formula is C23H22FN5OS. The SMILES string of the molecule is CC1(C)CC(=O)C2=C(C1)Nc1nc(SCc3ccccc3F)nn1[C@@H]2c1ccncc1. The van der Waals surface area contributed by atoms with Crippen molar-refractivity contribution in [3.63, 3.8) is 0 Å². The van der Waals surface area contributed by atoms with Crippen molar-refractivity contribution in [2.24, 2.45) is 5.41 Å². The van der Waals surface area contributed by atoms with E-state index in [-0.39, 0.29) is 23.1 Å². The van der Waals surface area contributed by atoms with Crippen LogP contribution in [0.1, 0.15) is 43.9 Å². The second-order valence-electron chi connectivity index (χ2n) is 8.68. The third kappa shape index (κ3) is 3.76. The Labute approximate surface area is 184 Å². The van der Waals surface area contributed by atoms with Crippen molar-refractivity contribution in [2.75, 3.05) is 5.32 Å². The molecule has 1 atom stereocenters. The molecule has 1 N–H and O–H groups in total. The summed E-state index contributed by atoms with van der Waals surface area (Å²) in [6.45, 7) is 4.21. The standard InChI is InChI=1S/C23H22FN5OS/c1-23(2)11-17-19(18(30)12-23)20(14-7-9-25-10-8-14)29-21(26-17)27-22(28-29)31-13-15-5-3-4-6-16(15)24/h3-10,20H,11-13H2,1-2H3,(H,26,27,28)/t20-/m1/s1. The number of anilines is 1. The first kappa shape index (κ1) is 19.9. The van der Waals surface area contributed by atoms with Gasteiger partial charge in [0.15, 0.2) is 5.78 Å². The molecule has 158 valence electrons. The Bertz CT molecular complexity index is 1190. The molecule has 1 aliphatic carbocycles. The Kier molecular flexibility index (Phi) is 4.89. The zero-order valence-corrected chi connectivity index (χ0v) is 18.1. The van der Waals surface area contributed by atoms with Crippen molar-refractivity contribution in [1.82, 2.24) is 19.7 Å². The van der Waals surface area contributed by atoms with Gasteiger partial charge in [-0.1, -0.05) is 43.8 Å². The topological polar surface area (TPSA) is 72.7 Å². The zero-order valence-electron chi connectivity index (χ0n) is 17.3. The number of nitrogens with one attached hydrogen (secondary N) is 1. The number of aromatic nitrogens is 4. The van der Waals surface area contributed by atoms with E-state index in [4.69, 9.17) is 5.10 Å². The first-order valence-corrected chi connectivity index (χ1v) is 11.2. The van der Waals surface area contributed by atoms with Crippen molar-refractivity contribution in [2.45, 2.75) is 43.6 Å². The number of carbonyl (C=O) groups is 1. The summed E-state index contributed by atoms with van der Waals surface area (Å²) in [6, 6.07) is 10.2. The number of nitrogens with zero attached hydrogens (tertiary/aromatic N) is 4. The van der Waals surface area contributed by atoms with Crippen LogP contribution in [0.2, 0.25) is 0 Å². The van der Waals surface area contributed by atoms with Gasteiger partial charge in [-0.25, -0.2) is 9.07 Å². The summed E-state index contributed by atoms with van der Waals surface area (Å²) in [6.07, 6.45) is 4.70. The average molecular weight is 436 g/mol. The number of halogens is 1. The second kappa shape index (κ2) is 7.60. The lowest BCUT2D eigenvalue weighted by Crippen LogP contribution is -2.36. The molecule has 1 aliphatic heterocycles. The summed E-state index contributed by atoms with van der Waals surface area (Å²) in [5, 5.41) is 8.59. The van der Waals surface area contributed by atoms with Crippen molar-refractivity contribution >= 4 is 23.5 Å². The van der Waals surface area contributed by atoms with Gasteiger partial charge in [0.25, 0.3) is 0 Å². The van der Waals surface area contributed by atoms with E-state index >= 15 is 0 Å². The Hall–Kier alpha value is -3.00. The van der Waals surface area contributed by atoms with Crippen molar-refractivity contribution < 1.29 is 9.18 Å². The molecule has 0 saturated heterocycles. The Morgan fingerprint density at radius 2 is 1.97 bits per heavy atom. The maximum atomic E-state index is 14.0. The summed E-state index contributed by atoms with van der Waals surface area (Å²) in [7, 11) is 0. The molecule has 0 saturated carbocycles. The van der Waals surface area contributed by atoms with Gasteiger partial charge < -0.3 is 5.32 Å². The van der Waals surface area contributed by atoms with Gasteiger partial charge >= 0.3 is 0 Å². The highest BCUT2D eigenvalue weighted by molar-refractivity contribution is 7.98. The number of hydrogen-bond donors (Lipinski definition) is 1. The minimum atomic E-state index is -0.354. The molecule has 0 spiro atoms. The summed E-state index contributed by atoms with van der Waals surface area (Å²) < 4.78 is 15.8. The van der Waals surface area contributed by atoms with Gasteiger partial charge in [0.2, 0.25) is 11.1 Å². The van der Waals surface area contributed by atoms with Crippen LogP contribution in [0.5, 0.6) is 0 Å². The van der Waals surface area contributed by atoms with E-state index in [0.717, 1.165) is 23.3 Å². The van der Waals surface area contributed by atoms with Gasteiger partial charge in [-0.15, -0.1) is 5.10 Å². The second-order valence-corrected chi connectivity index (χ2v) is 9.63. The first-order chi connectivity index (χ1) is 14.9. The maximum absolute atomic E-state index is 14.0. The molecular weight excluding hydrogens is 413 g/mol. The predicted molar refractivity (Wildman–Crippen MR) is 117 cm³/mol. The lowest BCUT2D eigenvalue weighted by atomic mass is 9.73. The van der Waals surface area contributed by atoms with Gasteiger partial charge in [0, 0.05) is 35.8 Å². The van der Waals surface area contributed by atoms with Crippen LogP contribution in [-0.4, -0.2) is 25.5 Å². The number of ketones is 1. The van der Waals surface area contributed by atoms with Crippen LogP contribution in [0.3, 0.4) is 0 Å². The third-order valence-electron chi connectivity index (χ3n) is 5.65.